The Morgan fingerprint density at radius 2 is 1.96 bits per heavy atom. The topological polar surface area (TPSA) is 68.2 Å². The van der Waals surface area contributed by atoms with E-state index in [2.05, 4.69) is 15.0 Å². The number of pyridine rings is 1. The van der Waals surface area contributed by atoms with Crippen molar-refractivity contribution in [3.8, 4) is 5.88 Å². The smallest absolute Gasteiger partial charge is 0.391 e. The van der Waals surface area contributed by atoms with Crippen molar-refractivity contribution in [2.75, 3.05) is 13.1 Å². The number of hydrogen-bond donors (Lipinski definition) is 0. The third-order valence-corrected chi connectivity index (χ3v) is 5.08. The Morgan fingerprint density at radius 1 is 1.23 bits per heavy atom. The number of carbonyl (C=O) groups is 1. The van der Waals surface area contributed by atoms with Gasteiger partial charge in [0, 0.05) is 43.0 Å². The molecule has 0 spiro atoms. The van der Waals surface area contributed by atoms with E-state index in [1.807, 2.05) is 27.7 Å². The molecule has 6 nitrogen and oxygen atoms in total. The second-order valence-corrected chi connectivity index (χ2v) is 6.93. The van der Waals surface area contributed by atoms with E-state index < -0.39 is 6.09 Å². The third kappa shape index (κ3) is 5.32. The van der Waals surface area contributed by atoms with Gasteiger partial charge in [0.15, 0.2) is 5.16 Å². The van der Waals surface area contributed by atoms with Crippen LogP contribution in [0.2, 0.25) is 5.02 Å². The highest BCUT2D eigenvalue weighted by Gasteiger charge is 2.15. The van der Waals surface area contributed by atoms with E-state index in [4.69, 9.17) is 16.3 Å². The number of thioether (sulfide) groups is 1. The highest BCUT2D eigenvalue weighted by Crippen LogP contribution is 2.27. The molecule has 2 heterocycles. The van der Waals surface area contributed by atoms with Crippen molar-refractivity contribution in [1.29, 1.82) is 0 Å². The number of aromatic nitrogens is 3. The van der Waals surface area contributed by atoms with Crippen molar-refractivity contribution in [1.82, 2.24) is 19.9 Å². The van der Waals surface area contributed by atoms with Gasteiger partial charge < -0.3 is 9.64 Å². The summed E-state index contributed by atoms with van der Waals surface area (Å²) < 4.78 is 5.43. The zero-order valence-corrected chi connectivity index (χ0v) is 17.0. The average molecular weight is 395 g/mol. The first-order valence-electron chi connectivity index (χ1n) is 8.54. The number of aryl methyl sites for hydroxylation is 2. The Hall–Kier alpha value is -1.86. The molecule has 8 heteroatoms. The van der Waals surface area contributed by atoms with Gasteiger partial charge in [0.1, 0.15) is 0 Å². The predicted octanol–water partition coefficient (Wildman–Crippen LogP) is 4.53. The largest absolute Gasteiger partial charge is 0.416 e. The molecule has 0 bridgehead atoms. The Kier molecular flexibility index (Phi) is 7.66. The van der Waals surface area contributed by atoms with Gasteiger partial charge >= 0.3 is 6.09 Å². The van der Waals surface area contributed by atoms with Crippen molar-refractivity contribution >= 4 is 29.5 Å². The van der Waals surface area contributed by atoms with Crippen molar-refractivity contribution < 1.29 is 9.53 Å². The van der Waals surface area contributed by atoms with Crippen molar-refractivity contribution in [3.05, 3.63) is 40.3 Å². The summed E-state index contributed by atoms with van der Waals surface area (Å²) in [7, 11) is 0. The molecule has 2 rings (SSSR count). The van der Waals surface area contributed by atoms with E-state index in [1.54, 1.807) is 23.4 Å². The first-order valence-corrected chi connectivity index (χ1v) is 9.91. The summed E-state index contributed by atoms with van der Waals surface area (Å²) in [6.07, 6.45) is 3.73. The van der Waals surface area contributed by atoms with Gasteiger partial charge in [0.2, 0.25) is 5.88 Å². The minimum Gasteiger partial charge on any atom is -0.391 e. The molecule has 140 valence electrons. The van der Waals surface area contributed by atoms with Gasteiger partial charge in [-0.05, 0) is 38.3 Å². The first kappa shape index (κ1) is 20.5. The lowest BCUT2D eigenvalue weighted by Gasteiger charge is -2.17. The van der Waals surface area contributed by atoms with Gasteiger partial charge in [-0.1, -0.05) is 30.3 Å². The zero-order chi connectivity index (χ0) is 19.1. The lowest BCUT2D eigenvalue weighted by molar-refractivity contribution is 0.155. The Labute approximate surface area is 163 Å². The molecular formula is C18H23ClN4O2S. The summed E-state index contributed by atoms with van der Waals surface area (Å²) in [5.41, 5.74) is 2.84. The molecule has 0 atom stereocenters. The van der Waals surface area contributed by atoms with Crippen LogP contribution in [0, 0.1) is 6.92 Å². The van der Waals surface area contributed by atoms with Crippen LogP contribution < -0.4 is 4.74 Å². The molecule has 0 saturated carbocycles. The SMILES string of the molecule is CCc1cc(OC(=O)N(CC)CC)nc(SCc2c(C)cncc2Cl)n1. The fraction of sp³-hybridized carbons (Fsp3) is 0.444. The first-order chi connectivity index (χ1) is 12.5. The highest BCUT2D eigenvalue weighted by atomic mass is 35.5. The lowest BCUT2D eigenvalue weighted by Crippen LogP contribution is -2.33. The Morgan fingerprint density at radius 3 is 2.58 bits per heavy atom. The minimum absolute atomic E-state index is 0.272. The van der Waals surface area contributed by atoms with Gasteiger partial charge in [-0.15, -0.1) is 0 Å². The molecule has 26 heavy (non-hydrogen) atoms. The maximum atomic E-state index is 12.2. The Balaban J connectivity index is 2.17. The highest BCUT2D eigenvalue weighted by molar-refractivity contribution is 7.98. The summed E-state index contributed by atoms with van der Waals surface area (Å²) in [4.78, 5) is 26.7. The van der Waals surface area contributed by atoms with Crippen LogP contribution in [0.4, 0.5) is 4.79 Å². The van der Waals surface area contributed by atoms with Crippen LogP contribution >= 0.6 is 23.4 Å². The monoisotopic (exact) mass is 394 g/mol. The van der Waals surface area contributed by atoms with Crippen LogP contribution in [0.15, 0.2) is 23.6 Å². The molecule has 0 fully saturated rings. The van der Waals surface area contributed by atoms with Crippen molar-refractivity contribution in [2.24, 2.45) is 0 Å². The molecule has 0 aliphatic carbocycles. The van der Waals surface area contributed by atoms with Gasteiger partial charge in [-0.3, -0.25) is 4.98 Å². The van der Waals surface area contributed by atoms with Gasteiger partial charge in [-0.25, -0.2) is 9.78 Å². The molecule has 0 radical (unpaired) electrons. The second kappa shape index (κ2) is 9.73. The van der Waals surface area contributed by atoms with E-state index in [0.717, 1.165) is 23.2 Å². The van der Waals surface area contributed by atoms with Crippen LogP contribution in [0.5, 0.6) is 5.88 Å². The fourth-order valence-corrected chi connectivity index (χ4v) is 3.61. The predicted molar refractivity (Wildman–Crippen MR) is 104 cm³/mol. The molecule has 2 aromatic heterocycles. The molecule has 0 saturated heterocycles. The van der Waals surface area contributed by atoms with E-state index in [-0.39, 0.29) is 5.88 Å². The molecule has 2 aromatic rings. The number of ether oxygens (including phenoxy) is 1. The summed E-state index contributed by atoms with van der Waals surface area (Å²) >= 11 is 7.68. The van der Waals surface area contributed by atoms with E-state index in [9.17, 15) is 4.79 Å². The van der Waals surface area contributed by atoms with Crippen molar-refractivity contribution in [3.63, 3.8) is 0 Å². The third-order valence-electron chi connectivity index (χ3n) is 3.88. The van der Waals surface area contributed by atoms with Gasteiger partial charge in [0.05, 0.1) is 5.02 Å². The number of nitrogens with zero attached hydrogens (tertiary/aromatic N) is 4. The maximum absolute atomic E-state index is 12.2. The number of halogens is 1. The zero-order valence-electron chi connectivity index (χ0n) is 15.5. The normalized spacial score (nSPS) is 10.7. The van der Waals surface area contributed by atoms with E-state index in [1.165, 1.54) is 11.8 Å². The molecule has 0 aliphatic heterocycles. The number of hydrogen-bond acceptors (Lipinski definition) is 6. The van der Waals surface area contributed by atoms with Gasteiger partial charge in [-0.2, -0.15) is 4.98 Å². The molecule has 0 aromatic carbocycles. The van der Waals surface area contributed by atoms with Crippen LogP contribution in [-0.2, 0) is 12.2 Å². The minimum atomic E-state index is -0.403. The van der Waals surface area contributed by atoms with Crippen LogP contribution in [-0.4, -0.2) is 39.0 Å². The lowest BCUT2D eigenvalue weighted by atomic mass is 10.2. The number of rotatable bonds is 7. The summed E-state index contributed by atoms with van der Waals surface area (Å²) in [6.45, 7) is 8.95. The quantitative estimate of drug-likeness (QED) is 0.507. The number of amides is 1. The number of carbonyl (C=O) groups excluding carboxylic acids is 1. The van der Waals surface area contributed by atoms with E-state index in [0.29, 0.717) is 29.0 Å². The second-order valence-electron chi connectivity index (χ2n) is 5.58. The van der Waals surface area contributed by atoms with E-state index >= 15 is 0 Å². The van der Waals surface area contributed by atoms with Crippen LogP contribution in [0.25, 0.3) is 0 Å². The molecule has 1 amide bonds. The molecular weight excluding hydrogens is 372 g/mol. The average Bonchev–Trinajstić information content (AvgIpc) is 2.62. The molecule has 0 N–H and O–H groups in total. The van der Waals surface area contributed by atoms with Crippen LogP contribution in [0.1, 0.15) is 37.6 Å². The standard InChI is InChI=1S/C18H23ClN4O2S/c1-5-13-8-16(25-18(24)23(6-2)7-3)22-17(21-13)26-11-14-12(4)9-20-10-15(14)19/h8-10H,5-7,11H2,1-4H3. The maximum Gasteiger partial charge on any atom is 0.416 e. The van der Waals surface area contributed by atoms with Crippen molar-refractivity contribution in [2.45, 2.75) is 45.0 Å². The summed E-state index contributed by atoms with van der Waals surface area (Å²) in [5.74, 6) is 0.887. The molecule has 0 unspecified atom stereocenters. The molecule has 0 aliphatic rings. The van der Waals surface area contributed by atoms with Gasteiger partial charge in [0.25, 0.3) is 0 Å². The summed E-state index contributed by atoms with van der Waals surface area (Å²) in [5, 5.41) is 1.18. The fourth-order valence-electron chi connectivity index (χ4n) is 2.26. The van der Waals surface area contributed by atoms with Crippen LogP contribution in [0.3, 0.4) is 0 Å². The Bertz CT molecular complexity index is 749. The summed E-state index contributed by atoms with van der Waals surface area (Å²) in [6, 6.07) is 1.70.